The van der Waals surface area contributed by atoms with E-state index in [9.17, 15) is 0 Å². The highest BCUT2D eigenvalue weighted by Gasteiger charge is 2.08. The summed E-state index contributed by atoms with van der Waals surface area (Å²) in [5.41, 5.74) is 4.44. The summed E-state index contributed by atoms with van der Waals surface area (Å²) < 4.78 is 1.99. The molecule has 0 aliphatic rings. The molecule has 5 nitrogen and oxygen atoms in total. The van der Waals surface area contributed by atoms with Crippen LogP contribution < -0.4 is 10.6 Å². The first-order valence-corrected chi connectivity index (χ1v) is 7.21. The van der Waals surface area contributed by atoms with Gasteiger partial charge < -0.3 is 10.6 Å². The second-order valence-electron chi connectivity index (χ2n) is 4.92. The number of aromatic nitrogens is 2. The average molecular weight is 413 g/mol. The lowest BCUT2D eigenvalue weighted by Gasteiger charge is -2.14. The molecule has 0 atom stereocenters. The van der Waals surface area contributed by atoms with Crippen LogP contribution in [0.3, 0.4) is 0 Å². The van der Waals surface area contributed by atoms with Crippen LogP contribution >= 0.6 is 24.0 Å². The van der Waals surface area contributed by atoms with Gasteiger partial charge in [0.05, 0.1) is 11.4 Å². The van der Waals surface area contributed by atoms with Crippen LogP contribution in [0.2, 0.25) is 0 Å². The first-order chi connectivity index (χ1) is 10.2. The quantitative estimate of drug-likeness (QED) is 0.461. The van der Waals surface area contributed by atoms with Gasteiger partial charge in [-0.15, -0.1) is 24.0 Å². The van der Waals surface area contributed by atoms with Gasteiger partial charge in [-0.3, -0.25) is 4.99 Å². The largest absolute Gasteiger partial charge is 0.357 e. The molecule has 6 heteroatoms. The van der Waals surface area contributed by atoms with Crippen molar-refractivity contribution in [3.8, 4) is 5.69 Å². The van der Waals surface area contributed by atoms with Crippen molar-refractivity contribution >= 4 is 29.9 Å². The molecule has 0 radical (unpaired) electrons. The molecule has 22 heavy (non-hydrogen) atoms. The zero-order valence-electron chi connectivity index (χ0n) is 13.6. The maximum atomic E-state index is 4.57. The monoisotopic (exact) mass is 413 g/mol. The first kappa shape index (κ1) is 18.5. The third kappa shape index (κ3) is 4.46. The minimum absolute atomic E-state index is 0. The van der Waals surface area contributed by atoms with Gasteiger partial charge in [-0.05, 0) is 38.5 Å². The minimum atomic E-state index is 0. The fourth-order valence-electron chi connectivity index (χ4n) is 2.31. The van der Waals surface area contributed by atoms with E-state index in [0.29, 0.717) is 6.54 Å². The predicted molar refractivity (Wildman–Crippen MR) is 102 cm³/mol. The molecule has 2 aromatic rings. The molecule has 0 saturated carbocycles. The molecule has 2 N–H and O–H groups in total. The number of nitrogens with one attached hydrogen (secondary N) is 2. The Morgan fingerprint density at radius 1 is 1.23 bits per heavy atom. The molecule has 0 bridgehead atoms. The summed E-state index contributed by atoms with van der Waals surface area (Å²) in [7, 11) is 1.78. The van der Waals surface area contributed by atoms with Crippen molar-refractivity contribution < 1.29 is 0 Å². The lowest BCUT2D eigenvalue weighted by molar-refractivity contribution is 0.788. The molecule has 0 spiro atoms. The van der Waals surface area contributed by atoms with Gasteiger partial charge in [0.25, 0.3) is 0 Å². The van der Waals surface area contributed by atoms with Gasteiger partial charge in [-0.25, -0.2) is 4.68 Å². The molecule has 1 aromatic heterocycles. The Morgan fingerprint density at radius 2 is 1.95 bits per heavy atom. The number of benzene rings is 1. The summed E-state index contributed by atoms with van der Waals surface area (Å²) in [6.07, 6.45) is 0. The van der Waals surface area contributed by atoms with Gasteiger partial charge in [-0.2, -0.15) is 5.10 Å². The Balaban J connectivity index is 0.00000242. The molecular weight excluding hydrogens is 389 g/mol. The Labute approximate surface area is 149 Å². The number of hydrogen-bond donors (Lipinski definition) is 2. The lowest BCUT2D eigenvalue weighted by Crippen LogP contribution is -2.36. The lowest BCUT2D eigenvalue weighted by atomic mass is 10.1. The SMILES string of the molecule is CCNC(=NC)NCc1ccccc1-n1nc(C)cc1C.I. The highest BCUT2D eigenvalue weighted by atomic mass is 127. The van der Waals surface area contributed by atoms with Crippen molar-refractivity contribution in [1.29, 1.82) is 0 Å². The fourth-order valence-corrected chi connectivity index (χ4v) is 2.31. The highest BCUT2D eigenvalue weighted by Crippen LogP contribution is 2.16. The van der Waals surface area contributed by atoms with Gasteiger partial charge in [0.1, 0.15) is 0 Å². The van der Waals surface area contributed by atoms with Crippen molar-refractivity contribution in [1.82, 2.24) is 20.4 Å². The van der Waals surface area contributed by atoms with Crippen molar-refractivity contribution in [3.63, 3.8) is 0 Å². The van der Waals surface area contributed by atoms with Crippen LogP contribution in [0.1, 0.15) is 23.9 Å². The zero-order valence-corrected chi connectivity index (χ0v) is 15.9. The molecule has 120 valence electrons. The third-order valence-corrected chi connectivity index (χ3v) is 3.24. The van der Waals surface area contributed by atoms with E-state index < -0.39 is 0 Å². The summed E-state index contributed by atoms with van der Waals surface area (Å²) in [5.74, 6) is 0.806. The summed E-state index contributed by atoms with van der Waals surface area (Å²) in [4.78, 5) is 4.19. The maximum absolute atomic E-state index is 4.57. The molecule has 0 amide bonds. The smallest absolute Gasteiger partial charge is 0.191 e. The second-order valence-corrected chi connectivity index (χ2v) is 4.92. The number of rotatable bonds is 4. The molecule has 0 saturated heterocycles. The molecule has 0 fully saturated rings. The molecule has 0 unspecified atom stereocenters. The van der Waals surface area contributed by atoms with E-state index in [-0.39, 0.29) is 24.0 Å². The number of guanidine groups is 1. The zero-order chi connectivity index (χ0) is 15.2. The van der Waals surface area contributed by atoms with Crippen LogP contribution in [-0.2, 0) is 6.54 Å². The number of halogens is 1. The van der Waals surface area contributed by atoms with Crippen molar-refractivity contribution in [2.24, 2.45) is 4.99 Å². The van der Waals surface area contributed by atoms with E-state index in [0.717, 1.165) is 29.6 Å². The Bertz CT molecular complexity index is 633. The van der Waals surface area contributed by atoms with Crippen LogP contribution in [0.25, 0.3) is 5.69 Å². The Morgan fingerprint density at radius 3 is 2.55 bits per heavy atom. The van der Waals surface area contributed by atoms with Gasteiger partial charge in [0.2, 0.25) is 0 Å². The maximum Gasteiger partial charge on any atom is 0.191 e. The molecular formula is C16H24IN5. The van der Waals surface area contributed by atoms with Crippen molar-refractivity contribution in [2.75, 3.05) is 13.6 Å². The van der Waals surface area contributed by atoms with Crippen LogP contribution in [0.15, 0.2) is 35.3 Å². The van der Waals surface area contributed by atoms with Crippen LogP contribution in [-0.4, -0.2) is 29.3 Å². The second kappa shape index (κ2) is 8.77. The topological polar surface area (TPSA) is 54.2 Å². The normalized spacial score (nSPS) is 11.0. The molecule has 0 aliphatic carbocycles. The number of aryl methyl sites for hydroxylation is 2. The van der Waals surface area contributed by atoms with Crippen LogP contribution in [0, 0.1) is 13.8 Å². The number of hydrogen-bond acceptors (Lipinski definition) is 2. The van der Waals surface area contributed by atoms with Gasteiger partial charge in [0, 0.05) is 25.8 Å². The van der Waals surface area contributed by atoms with E-state index in [4.69, 9.17) is 0 Å². The first-order valence-electron chi connectivity index (χ1n) is 7.21. The number of nitrogens with zero attached hydrogens (tertiary/aromatic N) is 3. The molecule has 1 aromatic carbocycles. The molecule has 1 heterocycles. The summed E-state index contributed by atoms with van der Waals surface area (Å²) in [6, 6.07) is 10.4. The molecule has 2 rings (SSSR count). The Hall–Kier alpha value is -1.57. The highest BCUT2D eigenvalue weighted by molar-refractivity contribution is 14.0. The number of para-hydroxylation sites is 1. The fraction of sp³-hybridized carbons (Fsp3) is 0.375. The Kier molecular flexibility index (Phi) is 7.37. The van der Waals surface area contributed by atoms with Crippen molar-refractivity contribution in [2.45, 2.75) is 27.3 Å². The van der Waals surface area contributed by atoms with E-state index in [1.165, 1.54) is 5.56 Å². The third-order valence-electron chi connectivity index (χ3n) is 3.24. The summed E-state index contributed by atoms with van der Waals surface area (Å²) >= 11 is 0. The van der Waals surface area contributed by atoms with Gasteiger partial charge in [0.15, 0.2) is 5.96 Å². The number of aliphatic imine (C=N–C) groups is 1. The van der Waals surface area contributed by atoms with Crippen LogP contribution in [0.4, 0.5) is 0 Å². The van der Waals surface area contributed by atoms with Crippen LogP contribution in [0.5, 0.6) is 0 Å². The van der Waals surface area contributed by atoms with Crippen molar-refractivity contribution in [3.05, 3.63) is 47.3 Å². The standard InChI is InChI=1S/C16H23N5.HI/c1-5-18-16(17-4)19-11-14-8-6-7-9-15(14)21-13(3)10-12(2)20-21;/h6-10H,5,11H2,1-4H3,(H2,17,18,19);1H. The predicted octanol–water partition coefficient (Wildman–Crippen LogP) is 2.79. The van der Waals surface area contributed by atoms with E-state index >= 15 is 0 Å². The van der Waals surface area contributed by atoms with E-state index in [2.05, 4.69) is 52.8 Å². The average Bonchev–Trinajstić information content (AvgIpc) is 2.82. The minimum Gasteiger partial charge on any atom is -0.357 e. The summed E-state index contributed by atoms with van der Waals surface area (Å²) in [6.45, 7) is 7.68. The van der Waals surface area contributed by atoms with E-state index in [1.54, 1.807) is 7.05 Å². The van der Waals surface area contributed by atoms with Gasteiger partial charge >= 0.3 is 0 Å². The molecule has 0 aliphatic heterocycles. The van der Waals surface area contributed by atoms with E-state index in [1.807, 2.05) is 23.7 Å². The van der Waals surface area contributed by atoms with Gasteiger partial charge in [-0.1, -0.05) is 18.2 Å². The summed E-state index contributed by atoms with van der Waals surface area (Å²) in [5, 5.41) is 11.1.